The Hall–Kier alpha value is -0.790. The van der Waals surface area contributed by atoms with Gasteiger partial charge in [-0.3, -0.25) is 0 Å². The number of ether oxygens (including phenoxy) is 1. The van der Waals surface area contributed by atoms with E-state index in [0.29, 0.717) is 24.2 Å². The largest absolute Gasteiger partial charge is 0.418 e. The van der Waals surface area contributed by atoms with Crippen LogP contribution in [0.1, 0.15) is 5.56 Å². The molecule has 1 saturated heterocycles. The zero-order valence-electron chi connectivity index (χ0n) is 10.1. The molecule has 0 aliphatic carbocycles. The van der Waals surface area contributed by atoms with Crippen molar-refractivity contribution in [3.8, 4) is 0 Å². The lowest BCUT2D eigenvalue weighted by Gasteiger charge is -2.25. The first-order chi connectivity index (χ1) is 8.97. The number of hydrogen-bond donors (Lipinski definition) is 2. The molecule has 1 heterocycles. The zero-order valence-corrected chi connectivity index (χ0v) is 11.6. The van der Waals surface area contributed by atoms with Crippen LogP contribution in [0.4, 0.5) is 18.9 Å². The minimum Gasteiger partial charge on any atom is -0.382 e. The predicted molar refractivity (Wildman–Crippen MR) is 70.2 cm³/mol. The smallest absolute Gasteiger partial charge is 0.382 e. The van der Waals surface area contributed by atoms with Gasteiger partial charge in [-0.25, -0.2) is 0 Å². The van der Waals surface area contributed by atoms with E-state index in [1.807, 2.05) is 0 Å². The van der Waals surface area contributed by atoms with Gasteiger partial charge in [0.25, 0.3) is 0 Å². The summed E-state index contributed by atoms with van der Waals surface area (Å²) in [5, 5.41) is 5.95. The minimum atomic E-state index is -4.37. The number of rotatable bonds is 3. The summed E-state index contributed by atoms with van der Waals surface area (Å²) in [4.78, 5) is 0. The number of morpholine rings is 1. The molecule has 0 radical (unpaired) electrons. The van der Waals surface area contributed by atoms with Gasteiger partial charge in [0.1, 0.15) is 0 Å². The first-order valence-electron chi connectivity index (χ1n) is 5.90. The van der Waals surface area contributed by atoms with Crippen LogP contribution in [0.15, 0.2) is 22.7 Å². The molecule has 1 fully saturated rings. The SMILES string of the molecule is FC(F)(F)c1ccc(Br)cc1NCC1CNCCO1. The van der Waals surface area contributed by atoms with Gasteiger partial charge in [-0.2, -0.15) is 13.2 Å². The summed E-state index contributed by atoms with van der Waals surface area (Å²) in [5.74, 6) is 0. The van der Waals surface area contributed by atoms with Crippen molar-refractivity contribution in [3.05, 3.63) is 28.2 Å². The summed E-state index contributed by atoms with van der Waals surface area (Å²) < 4.78 is 44.6. The monoisotopic (exact) mass is 338 g/mol. The lowest BCUT2D eigenvalue weighted by Crippen LogP contribution is -2.42. The van der Waals surface area contributed by atoms with Crippen LogP contribution in [0.25, 0.3) is 0 Å². The van der Waals surface area contributed by atoms with E-state index >= 15 is 0 Å². The molecule has 3 nitrogen and oxygen atoms in total. The Morgan fingerprint density at radius 3 is 2.84 bits per heavy atom. The van der Waals surface area contributed by atoms with Crippen LogP contribution < -0.4 is 10.6 Å². The number of benzene rings is 1. The van der Waals surface area contributed by atoms with E-state index in [9.17, 15) is 13.2 Å². The summed E-state index contributed by atoms with van der Waals surface area (Å²) in [6.45, 7) is 2.34. The molecule has 1 aliphatic heterocycles. The molecule has 1 aliphatic rings. The van der Waals surface area contributed by atoms with Gasteiger partial charge in [-0.15, -0.1) is 0 Å². The minimum absolute atomic E-state index is 0.0658. The Bertz CT molecular complexity index is 433. The Labute approximate surface area is 117 Å². The molecule has 1 aromatic rings. The molecule has 0 amide bonds. The maximum absolute atomic E-state index is 12.8. The number of anilines is 1. The molecule has 2 N–H and O–H groups in total. The topological polar surface area (TPSA) is 33.3 Å². The third kappa shape index (κ3) is 4.09. The Morgan fingerprint density at radius 1 is 1.42 bits per heavy atom. The van der Waals surface area contributed by atoms with Crippen molar-refractivity contribution >= 4 is 21.6 Å². The van der Waals surface area contributed by atoms with Crippen molar-refractivity contribution in [2.75, 3.05) is 31.6 Å². The lowest BCUT2D eigenvalue weighted by molar-refractivity contribution is -0.137. The van der Waals surface area contributed by atoms with Gasteiger partial charge in [0.2, 0.25) is 0 Å². The molecule has 0 saturated carbocycles. The predicted octanol–water partition coefficient (Wildman–Crippen LogP) is 2.87. The van der Waals surface area contributed by atoms with Gasteiger partial charge < -0.3 is 15.4 Å². The molecule has 1 atom stereocenters. The highest BCUT2D eigenvalue weighted by molar-refractivity contribution is 9.10. The van der Waals surface area contributed by atoms with Crippen LogP contribution >= 0.6 is 15.9 Å². The fourth-order valence-electron chi connectivity index (χ4n) is 1.88. The fraction of sp³-hybridized carbons (Fsp3) is 0.500. The van der Waals surface area contributed by atoms with E-state index in [0.717, 1.165) is 12.6 Å². The molecule has 0 aromatic heterocycles. The van der Waals surface area contributed by atoms with Crippen molar-refractivity contribution in [1.29, 1.82) is 0 Å². The van der Waals surface area contributed by atoms with Gasteiger partial charge in [0.05, 0.1) is 18.3 Å². The molecular weight excluding hydrogens is 325 g/mol. The van der Waals surface area contributed by atoms with E-state index in [2.05, 4.69) is 26.6 Å². The molecule has 0 spiro atoms. The summed E-state index contributed by atoms with van der Waals surface area (Å²) in [6.07, 6.45) is -4.48. The van der Waals surface area contributed by atoms with Gasteiger partial charge in [0, 0.05) is 29.8 Å². The first-order valence-corrected chi connectivity index (χ1v) is 6.69. The van der Waals surface area contributed by atoms with Gasteiger partial charge in [0.15, 0.2) is 0 Å². The average Bonchev–Trinajstić information content (AvgIpc) is 2.36. The summed E-state index contributed by atoms with van der Waals surface area (Å²) in [6, 6.07) is 3.87. The highest BCUT2D eigenvalue weighted by Gasteiger charge is 2.33. The van der Waals surface area contributed by atoms with Crippen molar-refractivity contribution < 1.29 is 17.9 Å². The maximum Gasteiger partial charge on any atom is 0.418 e. The Kier molecular flexibility index (Phi) is 4.70. The maximum atomic E-state index is 12.8. The van der Waals surface area contributed by atoms with E-state index < -0.39 is 11.7 Å². The average molecular weight is 339 g/mol. The van der Waals surface area contributed by atoms with Gasteiger partial charge in [-0.1, -0.05) is 15.9 Å². The van der Waals surface area contributed by atoms with E-state index in [1.165, 1.54) is 12.1 Å². The Morgan fingerprint density at radius 2 is 2.21 bits per heavy atom. The highest BCUT2D eigenvalue weighted by atomic mass is 79.9. The second-order valence-electron chi connectivity index (χ2n) is 4.27. The molecule has 1 unspecified atom stereocenters. The highest BCUT2D eigenvalue weighted by Crippen LogP contribution is 2.36. The normalized spacial score (nSPS) is 20.3. The number of alkyl halides is 3. The lowest BCUT2D eigenvalue weighted by atomic mass is 10.1. The van der Waals surface area contributed by atoms with Crippen molar-refractivity contribution in [3.63, 3.8) is 0 Å². The molecular formula is C12H14BrF3N2O. The summed E-state index contributed by atoms with van der Waals surface area (Å²) in [7, 11) is 0. The van der Waals surface area contributed by atoms with Crippen LogP contribution in [-0.2, 0) is 10.9 Å². The van der Waals surface area contributed by atoms with Crippen LogP contribution in [0, 0.1) is 0 Å². The van der Waals surface area contributed by atoms with Crippen LogP contribution in [0.5, 0.6) is 0 Å². The van der Waals surface area contributed by atoms with Gasteiger partial charge in [-0.05, 0) is 18.2 Å². The van der Waals surface area contributed by atoms with Crippen molar-refractivity contribution in [2.45, 2.75) is 12.3 Å². The quantitative estimate of drug-likeness (QED) is 0.889. The van der Waals surface area contributed by atoms with Crippen LogP contribution in [-0.4, -0.2) is 32.3 Å². The number of hydrogen-bond acceptors (Lipinski definition) is 3. The van der Waals surface area contributed by atoms with E-state index in [1.54, 1.807) is 0 Å². The third-order valence-electron chi connectivity index (χ3n) is 2.81. The molecule has 1 aromatic carbocycles. The van der Waals surface area contributed by atoms with Crippen LogP contribution in [0.3, 0.4) is 0 Å². The fourth-order valence-corrected chi connectivity index (χ4v) is 2.25. The Balaban J connectivity index is 2.07. The van der Waals surface area contributed by atoms with Gasteiger partial charge >= 0.3 is 6.18 Å². The van der Waals surface area contributed by atoms with E-state index in [4.69, 9.17) is 4.74 Å². The third-order valence-corrected chi connectivity index (χ3v) is 3.30. The number of nitrogens with one attached hydrogen (secondary N) is 2. The van der Waals surface area contributed by atoms with Crippen molar-refractivity contribution in [1.82, 2.24) is 5.32 Å². The number of halogens is 4. The van der Waals surface area contributed by atoms with E-state index in [-0.39, 0.29) is 11.8 Å². The molecule has 0 bridgehead atoms. The molecule has 106 valence electrons. The summed E-state index contributed by atoms with van der Waals surface area (Å²) >= 11 is 3.18. The molecule has 19 heavy (non-hydrogen) atoms. The zero-order chi connectivity index (χ0) is 13.9. The van der Waals surface area contributed by atoms with Crippen LogP contribution in [0.2, 0.25) is 0 Å². The first kappa shape index (κ1) is 14.6. The molecule has 2 rings (SSSR count). The molecule has 7 heteroatoms. The second kappa shape index (κ2) is 6.11. The second-order valence-corrected chi connectivity index (χ2v) is 5.18. The standard InChI is InChI=1S/C12H14BrF3N2O/c13-8-1-2-10(12(14,15)16)11(5-8)18-7-9-6-17-3-4-19-9/h1-2,5,9,17-18H,3-4,6-7H2. The summed E-state index contributed by atoms with van der Waals surface area (Å²) in [5.41, 5.74) is -0.601. The van der Waals surface area contributed by atoms with Crippen molar-refractivity contribution in [2.24, 2.45) is 0 Å².